The first-order valence-corrected chi connectivity index (χ1v) is 6.57. The Labute approximate surface area is 121 Å². The van der Waals surface area contributed by atoms with Crippen LogP contribution >= 0.6 is 11.6 Å². The summed E-state index contributed by atoms with van der Waals surface area (Å²) >= 11 is 5.93. The molecule has 1 amide bonds. The summed E-state index contributed by atoms with van der Waals surface area (Å²) in [6, 6.07) is 10.6. The summed E-state index contributed by atoms with van der Waals surface area (Å²) in [5.41, 5.74) is 9.53. The number of hydrogen-bond donors (Lipinski definition) is 2. The molecule has 3 rings (SSSR count). The molecule has 2 aromatic carbocycles. The molecule has 4 nitrogen and oxygen atoms in total. The molecule has 0 unspecified atom stereocenters. The van der Waals surface area contributed by atoms with Crippen LogP contribution in [0, 0.1) is 0 Å². The Morgan fingerprint density at radius 1 is 1.15 bits per heavy atom. The number of nitrogens with one attached hydrogen (secondary N) is 1. The summed E-state index contributed by atoms with van der Waals surface area (Å²) in [4.78, 5) is 12.2. The van der Waals surface area contributed by atoms with E-state index >= 15 is 0 Å². The molecule has 2 aromatic rings. The number of nitrogen functional groups attached to an aromatic ring is 1. The van der Waals surface area contributed by atoms with Crippen molar-refractivity contribution < 1.29 is 9.53 Å². The second kappa shape index (κ2) is 5.15. The number of carbonyl (C=O) groups excluding carboxylic acids is 1. The van der Waals surface area contributed by atoms with Crippen LogP contribution in [0.25, 0.3) is 0 Å². The second-order valence-corrected chi connectivity index (χ2v) is 5.07. The topological polar surface area (TPSA) is 64.3 Å². The van der Waals surface area contributed by atoms with Gasteiger partial charge in [0.1, 0.15) is 0 Å². The van der Waals surface area contributed by atoms with Crippen LogP contribution in [0.2, 0.25) is 5.02 Å². The number of nitrogens with two attached hydrogens (primary N) is 1. The maximum Gasteiger partial charge on any atom is 0.255 e. The van der Waals surface area contributed by atoms with Gasteiger partial charge in [0, 0.05) is 11.3 Å². The predicted molar refractivity (Wildman–Crippen MR) is 78.8 cm³/mol. The lowest BCUT2D eigenvalue weighted by molar-refractivity contribution is 0.102. The zero-order chi connectivity index (χ0) is 14.1. The maximum absolute atomic E-state index is 12.2. The van der Waals surface area contributed by atoms with E-state index < -0.39 is 0 Å². The van der Waals surface area contributed by atoms with Gasteiger partial charge in [-0.1, -0.05) is 17.7 Å². The molecule has 1 aliphatic rings. The molecule has 1 aliphatic heterocycles. The molecule has 0 saturated heterocycles. The van der Waals surface area contributed by atoms with Crippen molar-refractivity contribution in [2.75, 3.05) is 11.1 Å². The average Bonchev–Trinajstić information content (AvgIpc) is 2.90. The monoisotopic (exact) mass is 288 g/mol. The minimum atomic E-state index is -0.180. The van der Waals surface area contributed by atoms with Crippen molar-refractivity contribution in [1.82, 2.24) is 0 Å². The lowest BCUT2D eigenvalue weighted by Gasteiger charge is -2.08. The van der Waals surface area contributed by atoms with E-state index in [-0.39, 0.29) is 5.91 Å². The van der Waals surface area contributed by atoms with Crippen molar-refractivity contribution in [2.24, 2.45) is 0 Å². The van der Waals surface area contributed by atoms with Gasteiger partial charge in [-0.05, 0) is 41.5 Å². The molecule has 3 N–H and O–H groups in total. The molecule has 5 heteroatoms. The average molecular weight is 289 g/mol. The van der Waals surface area contributed by atoms with E-state index in [4.69, 9.17) is 22.1 Å². The molecular weight excluding hydrogens is 276 g/mol. The lowest BCUT2D eigenvalue weighted by atomic mass is 10.1. The predicted octanol–water partition coefficient (Wildman–Crippen LogP) is 3.20. The molecule has 0 radical (unpaired) electrons. The number of amides is 1. The van der Waals surface area contributed by atoms with Gasteiger partial charge in [0.05, 0.1) is 23.9 Å². The van der Waals surface area contributed by atoms with E-state index in [1.165, 1.54) is 0 Å². The van der Waals surface area contributed by atoms with Crippen LogP contribution in [0.4, 0.5) is 11.4 Å². The van der Waals surface area contributed by atoms with Crippen LogP contribution in [-0.2, 0) is 18.0 Å². The van der Waals surface area contributed by atoms with Crippen molar-refractivity contribution in [3.05, 3.63) is 58.1 Å². The number of fused-ring (bicyclic) bond motifs is 1. The number of rotatable bonds is 2. The third kappa shape index (κ3) is 2.48. The van der Waals surface area contributed by atoms with Crippen molar-refractivity contribution in [3.8, 4) is 0 Å². The van der Waals surface area contributed by atoms with Crippen molar-refractivity contribution in [3.63, 3.8) is 0 Å². The minimum Gasteiger partial charge on any atom is -0.398 e. The molecule has 102 valence electrons. The van der Waals surface area contributed by atoms with E-state index in [9.17, 15) is 4.79 Å². The van der Waals surface area contributed by atoms with Crippen molar-refractivity contribution in [2.45, 2.75) is 13.2 Å². The highest BCUT2D eigenvalue weighted by Gasteiger charge is 2.14. The number of benzene rings is 2. The van der Waals surface area contributed by atoms with E-state index in [0.29, 0.717) is 35.2 Å². The summed E-state index contributed by atoms with van der Waals surface area (Å²) in [6.07, 6.45) is 0. The molecular formula is C15H13ClN2O2. The molecule has 0 saturated carbocycles. The number of ether oxygens (including phenoxy) is 1. The Kier molecular flexibility index (Phi) is 3.34. The normalized spacial score (nSPS) is 13.1. The van der Waals surface area contributed by atoms with Crippen molar-refractivity contribution in [1.29, 1.82) is 0 Å². The van der Waals surface area contributed by atoms with Gasteiger partial charge in [0.2, 0.25) is 0 Å². The molecule has 0 atom stereocenters. The number of anilines is 2. The van der Waals surface area contributed by atoms with E-state index in [0.717, 1.165) is 11.1 Å². The largest absolute Gasteiger partial charge is 0.398 e. The molecule has 20 heavy (non-hydrogen) atoms. The fraction of sp³-hybridized carbons (Fsp3) is 0.133. The molecule has 0 fully saturated rings. The van der Waals surface area contributed by atoms with Crippen LogP contribution in [0.1, 0.15) is 21.5 Å². The van der Waals surface area contributed by atoms with Gasteiger partial charge < -0.3 is 15.8 Å². The van der Waals surface area contributed by atoms with Gasteiger partial charge in [-0.2, -0.15) is 0 Å². The fourth-order valence-electron chi connectivity index (χ4n) is 2.12. The smallest absolute Gasteiger partial charge is 0.255 e. The van der Waals surface area contributed by atoms with Gasteiger partial charge in [-0.3, -0.25) is 4.79 Å². The molecule has 0 bridgehead atoms. The van der Waals surface area contributed by atoms with Gasteiger partial charge in [-0.15, -0.1) is 0 Å². The highest BCUT2D eigenvalue weighted by molar-refractivity contribution is 6.33. The SMILES string of the molecule is Nc1ccc(NC(=O)c2ccc3c(c2)COC3)cc1Cl. The van der Waals surface area contributed by atoms with E-state index in [1.807, 2.05) is 12.1 Å². The Morgan fingerprint density at radius 2 is 1.95 bits per heavy atom. The molecule has 1 heterocycles. The second-order valence-electron chi connectivity index (χ2n) is 4.67. The summed E-state index contributed by atoms with van der Waals surface area (Å²) < 4.78 is 5.33. The first kappa shape index (κ1) is 13.0. The Hall–Kier alpha value is -2.04. The Balaban J connectivity index is 1.80. The van der Waals surface area contributed by atoms with Gasteiger partial charge in [0.25, 0.3) is 5.91 Å². The summed E-state index contributed by atoms with van der Waals surface area (Å²) in [7, 11) is 0. The zero-order valence-corrected chi connectivity index (χ0v) is 11.4. The van der Waals surface area contributed by atoms with E-state index in [2.05, 4.69) is 5.32 Å². The van der Waals surface area contributed by atoms with Crippen LogP contribution in [-0.4, -0.2) is 5.91 Å². The molecule has 0 aliphatic carbocycles. The van der Waals surface area contributed by atoms with Gasteiger partial charge in [0.15, 0.2) is 0 Å². The Bertz CT molecular complexity index is 686. The summed E-state index contributed by atoms with van der Waals surface area (Å²) in [6.45, 7) is 1.18. The molecule has 0 spiro atoms. The van der Waals surface area contributed by atoms with Crippen molar-refractivity contribution >= 4 is 28.9 Å². The number of carbonyl (C=O) groups is 1. The fourth-order valence-corrected chi connectivity index (χ4v) is 2.30. The third-order valence-corrected chi connectivity index (χ3v) is 3.57. The first-order chi connectivity index (χ1) is 9.63. The first-order valence-electron chi connectivity index (χ1n) is 6.19. The number of halogens is 1. The lowest BCUT2D eigenvalue weighted by Crippen LogP contribution is -2.12. The van der Waals surface area contributed by atoms with Crippen LogP contribution < -0.4 is 11.1 Å². The zero-order valence-electron chi connectivity index (χ0n) is 10.7. The third-order valence-electron chi connectivity index (χ3n) is 3.24. The summed E-state index contributed by atoms with van der Waals surface area (Å²) in [5, 5.41) is 3.22. The van der Waals surface area contributed by atoms with Crippen LogP contribution in [0.3, 0.4) is 0 Å². The minimum absolute atomic E-state index is 0.180. The van der Waals surface area contributed by atoms with E-state index in [1.54, 1.807) is 24.3 Å². The Morgan fingerprint density at radius 3 is 2.75 bits per heavy atom. The van der Waals surface area contributed by atoms with Gasteiger partial charge in [-0.25, -0.2) is 0 Å². The summed E-state index contributed by atoms with van der Waals surface area (Å²) in [5.74, 6) is -0.180. The standard InChI is InChI=1S/C15H13ClN2O2/c16-13-6-12(3-4-14(13)17)18-15(19)9-1-2-10-7-20-8-11(10)5-9/h1-6H,7-8,17H2,(H,18,19). The van der Waals surface area contributed by atoms with Crippen LogP contribution in [0.5, 0.6) is 0 Å². The van der Waals surface area contributed by atoms with Gasteiger partial charge >= 0.3 is 0 Å². The quantitative estimate of drug-likeness (QED) is 0.834. The maximum atomic E-state index is 12.2. The van der Waals surface area contributed by atoms with Crippen LogP contribution in [0.15, 0.2) is 36.4 Å². The highest BCUT2D eigenvalue weighted by Crippen LogP contribution is 2.24. The molecule has 0 aromatic heterocycles. The highest BCUT2D eigenvalue weighted by atomic mass is 35.5. The number of hydrogen-bond acceptors (Lipinski definition) is 3.